The number of rotatable bonds is 7. The Morgan fingerprint density at radius 3 is 2.21 bits per heavy atom. The summed E-state index contributed by atoms with van der Waals surface area (Å²) in [5.41, 5.74) is 6.36. The van der Waals surface area contributed by atoms with Crippen molar-refractivity contribution in [3.05, 3.63) is 72.3 Å². The molecule has 0 saturated heterocycles. The van der Waals surface area contributed by atoms with E-state index in [0.717, 1.165) is 17.9 Å². The van der Waals surface area contributed by atoms with Gasteiger partial charge in [-0.25, -0.2) is 0 Å². The van der Waals surface area contributed by atoms with Crippen LogP contribution in [0, 0.1) is 5.92 Å². The lowest BCUT2D eigenvalue weighted by Gasteiger charge is -2.17. The summed E-state index contributed by atoms with van der Waals surface area (Å²) >= 11 is 0. The van der Waals surface area contributed by atoms with Crippen molar-refractivity contribution >= 4 is 29.9 Å². The van der Waals surface area contributed by atoms with Gasteiger partial charge in [0.1, 0.15) is 0 Å². The molecular formula is C20H26ClN3. The Labute approximate surface area is 151 Å². The fraction of sp³-hybridized carbons (Fsp3) is 0.250. The Morgan fingerprint density at radius 2 is 1.62 bits per heavy atom. The van der Waals surface area contributed by atoms with Gasteiger partial charge in [-0.05, 0) is 37.9 Å². The maximum Gasteiger partial charge on any atom is 0.0648 e. The summed E-state index contributed by atoms with van der Waals surface area (Å²) < 4.78 is 0. The zero-order valence-electron chi connectivity index (χ0n) is 14.5. The van der Waals surface area contributed by atoms with Gasteiger partial charge in [-0.3, -0.25) is 5.43 Å². The summed E-state index contributed by atoms with van der Waals surface area (Å²) in [6.07, 6.45) is 4.21. The van der Waals surface area contributed by atoms with E-state index in [4.69, 9.17) is 0 Å². The van der Waals surface area contributed by atoms with Crippen LogP contribution in [0.2, 0.25) is 0 Å². The van der Waals surface area contributed by atoms with Crippen molar-refractivity contribution in [2.45, 2.75) is 6.92 Å². The highest BCUT2D eigenvalue weighted by atomic mass is 35.5. The first-order valence-corrected chi connectivity index (χ1v) is 7.91. The smallest absolute Gasteiger partial charge is 0.0648 e. The van der Waals surface area contributed by atoms with Gasteiger partial charge in [0.25, 0.3) is 0 Å². The van der Waals surface area contributed by atoms with Crippen molar-refractivity contribution in [3.63, 3.8) is 0 Å². The van der Waals surface area contributed by atoms with Crippen molar-refractivity contribution in [2.75, 3.05) is 26.1 Å². The number of hydrogen-bond donors (Lipinski definition) is 1. The molecule has 0 saturated carbocycles. The number of anilines is 1. The fourth-order valence-corrected chi connectivity index (χ4v) is 2.34. The van der Waals surface area contributed by atoms with E-state index in [9.17, 15) is 0 Å². The Hall–Kier alpha value is -2.10. The minimum Gasteiger partial charge on any atom is -0.309 e. The third-order valence-corrected chi connectivity index (χ3v) is 3.48. The summed E-state index contributed by atoms with van der Waals surface area (Å²) in [6, 6.07) is 20.3. The Kier molecular flexibility index (Phi) is 8.84. The van der Waals surface area contributed by atoms with E-state index in [-0.39, 0.29) is 12.4 Å². The highest BCUT2D eigenvalue weighted by molar-refractivity contribution is 6.00. The Balaban J connectivity index is 0.00000288. The minimum atomic E-state index is 0. The number of nitrogens with one attached hydrogen (secondary N) is 1. The molecule has 0 radical (unpaired) electrons. The topological polar surface area (TPSA) is 27.6 Å². The molecule has 0 fully saturated rings. The van der Waals surface area contributed by atoms with Crippen molar-refractivity contribution in [3.8, 4) is 0 Å². The molecule has 1 N–H and O–H groups in total. The number of hydrazone groups is 1. The van der Waals surface area contributed by atoms with Crippen LogP contribution in [0.15, 0.2) is 71.8 Å². The molecule has 0 heterocycles. The summed E-state index contributed by atoms with van der Waals surface area (Å²) in [4.78, 5) is 2.18. The molecule has 0 bridgehead atoms. The van der Waals surface area contributed by atoms with Gasteiger partial charge in [0, 0.05) is 12.5 Å². The largest absolute Gasteiger partial charge is 0.309 e. The Morgan fingerprint density at radius 1 is 1.04 bits per heavy atom. The van der Waals surface area contributed by atoms with Crippen LogP contribution in [0.25, 0.3) is 6.08 Å². The standard InChI is InChI=1S/C20H25N3.ClH/c1-17(16-23(2)3)20(15-14-18-10-6-4-7-11-18)22-21-19-12-8-5-9-13-19;/h4-15,17,21H,16H2,1-3H3;1H/b15-14+,22-20-;. The van der Waals surface area contributed by atoms with Crippen LogP contribution in [0.5, 0.6) is 0 Å². The van der Waals surface area contributed by atoms with E-state index in [2.05, 4.69) is 60.7 Å². The third kappa shape index (κ3) is 6.99. The predicted molar refractivity (Wildman–Crippen MR) is 108 cm³/mol. The van der Waals surface area contributed by atoms with Gasteiger partial charge in [0.15, 0.2) is 0 Å². The average molecular weight is 344 g/mol. The second-order valence-corrected chi connectivity index (χ2v) is 5.92. The van der Waals surface area contributed by atoms with Crippen molar-refractivity contribution in [1.82, 2.24) is 4.90 Å². The second kappa shape index (κ2) is 10.6. The first kappa shape index (κ1) is 19.9. The normalized spacial score (nSPS) is 12.9. The number of halogens is 1. The monoisotopic (exact) mass is 343 g/mol. The van der Waals surface area contributed by atoms with Crippen LogP contribution in [0.4, 0.5) is 5.69 Å². The molecule has 0 aromatic heterocycles. The van der Waals surface area contributed by atoms with Gasteiger partial charge in [0.05, 0.1) is 11.4 Å². The molecule has 1 unspecified atom stereocenters. The molecule has 0 aliphatic heterocycles. The molecule has 0 amide bonds. The number of para-hydroxylation sites is 1. The van der Waals surface area contributed by atoms with Crippen molar-refractivity contribution in [2.24, 2.45) is 11.0 Å². The third-order valence-electron chi connectivity index (χ3n) is 3.48. The number of hydrogen-bond acceptors (Lipinski definition) is 3. The van der Waals surface area contributed by atoms with Gasteiger partial charge in [-0.2, -0.15) is 5.10 Å². The van der Waals surface area contributed by atoms with Crippen LogP contribution < -0.4 is 5.43 Å². The van der Waals surface area contributed by atoms with Gasteiger partial charge in [-0.1, -0.05) is 61.5 Å². The zero-order chi connectivity index (χ0) is 16.5. The average Bonchev–Trinajstić information content (AvgIpc) is 2.56. The number of allylic oxidation sites excluding steroid dienone is 1. The van der Waals surface area contributed by atoms with Crippen LogP contribution in [0.1, 0.15) is 12.5 Å². The first-order chi connectivity index (χ1) is 11.1. The molecule has 0 aliphatic carbocycles. The van der Waals surface area contributed by atoms with Crippen molar-refractivity contribution in [1.29, 1.82) is 0 Å². The molecule has 24 heavy (non-hydrogen) atoms. The summed E-state index contributed by atoms with van der Waals surface area (Å²) in [5, 5.41) is 4.62. The molecule has 3 nitrogen and oxygen atoms in total. The molecule has 1 atom stereocenters. The lowest BCUT2D eigenvalue weighted by Crippen LogP contribution is -2.25. The van der Waals surface area contributed by atoms with E-state index in [0.29, 0.717) is 5.92 Å². The van der Waals surface area contributed by atoms with E-state index in [1.165, 1.54) is 5.56 Å². The molecule has 4 heteroatoms. The predicted octanol–water partition coefficient (Wildman–Crippen LogP) is 4.79. The maximum atomic E-state index is 4.62. The highest BCUT2D eigenvalue weighted by Crippen LogP contribution is 2.09. The summed E-state index contributed by atoms with van der Waals surface area (Å²) in [6.45, 7) is 3.15. The van der Waals surface area contributed by atoms with Crippen LogP contribution in [-0.2, 0) is 0 Å². The molecule has 0 aliphatic rings. The van der Waals surface area contributed by atoms with Crippen molar-refractivity contribution < 1.29 is 0 Å². The maximum absolute atomic E-state index is 4.62. The molecule has 2 aromatic carbocycles. The SMILES string of the molecule is CC(CN(C)C)C(/C=C/c1ccccc1)=N\Nc1ccccc1.Cl. The second-order valence-electron chi connectivity index (χ2n) is 5.92. The lowest BCUT2D eigenvalue weighted by atomic mass is 10.0. The van der Waals surface area contributed by atoms with Gasteiger partial charge < -0.3 is 4.90 Å². The number of nitrogens with zero attached hydrogens (tertiary/aromatic N) is 2. The highest BCUT2D eigenvalue weighted by Gasteiger charge is 2.09. The van der Waals surface area contributed by atoms with Gasteiger partial charge >= 0.3 is 0 Å². The Bertz CT molecular complexity index is 636. The van der Waals surface area contributed by atoms with E-state index in [1.807, 2.05) is 48.5 Å². The van der Waals surface area contributed by atoms with E-state index in [1.54, 1.807) is 0 Å². The summed E-state index contributed by atoms with van der Waals surface area (Å²) in [7, 11) is 4.17. The lowest BCUT2D eigenvalue weighted by molar-refractivity contribution is 0.381. The summed E-state index contributed by atoms with van der Waals surface area (Å²) in [5.74, 6) is 0.334. The van der Waals surface area contributed by atoms with Gasteiger partial charge in [-0.15, -0.1) is 12.4 Å². The molecule has 2 rings (SSSR count). The van der Waals surface area contributed by atoms with E-state index < -0.39 is 0 Å². The zero-order valence-corrected chi connectivity index (χ0v) is 15.3. The molecule has 128 valence electrons. The van der Waals surface area contributed by atoms with Crippen LogP contribution >= 0.6 is 12.4 Å². The van der Waals surface area contributed by atoms with E-state index >= 15 is 0 Å². The van der Waals surface area contributed by atoms with Crippen LogP contribution in [-0.4, -0.2) is 31.3 Å². The van der Waals surface area contributed by atoms with Gasteiger partial charge in [0.2, 0.25) is 0 Å². The molecule has 0 spiro atoms. The van der Waals surface area contributed by atoms with Crippen LogP contribution in [0.3, 0.4) is 0 Å². The first-order valence-electron chi connectivity index (χ1n) is 7.91. The number of benzene rings is 2. The fourth-order valence-electron chi connectivity index (χ4n) is 2.34. The quantitative estimate of drug-likeness (QED) is 0.578. The minimum absolute atomic E-state index is 0. The molecular weight excluding hydrogens is 318 g/mol. The molecule has 2 aromatic rings.